The van der Waals surface area contributed by atoms with Crippen molar-refractivity contribution in [1.29, 1.82) is 5.26 Å². The maximum atomic E-state index is 9.64. The highest BCUT2D eigenvalue weighted by Crippen LogP contribution is 2.30. The molecule has 0 unspecified atom stereocenters. The molecule has 24 heavy (non-hydrogen) atoms. The average molecular weight is 319 g/mol. The minimum Gasteiger partial charge on any atom is -0.497 e. The molecule has 0 fully saturated rings. The fourth-order valence-corrected chi connectivity index (χ4v) is 2.56. The van der Waals surface area contributed by atoms with Crippen LogP contribution in [0.15, 0.2) is 42.9 Å². The highest BCUT2D eigenvalue weighted by Gasteiger charge is 2.11. The lowest BCUT2D eigenvalue weighted by molar-refractivity contribution is 0.339. The van der Waals surface area contributed by atoms with Crippen molar-refractivity contribution in [2.45, 2.75) is 6.92 Å². The van der Waals surface area contributed by atoms with Crippen molar-refractivity contribution in [1.82, 2.24) is 9.97 Å². The van der Waals surface area contributed by atoms with Crippen LogP contribution in [0.25, 0.3) is 22.6 Å². The highest BCUT2D eigenvalue weighted by molar-refractivity contribution is 6.01. The van der Waals surface area contributed by atoms with E-state index in [1.54, 1.807) is 31.6 Å². The third-order valence-electron chi connectivity index (χ3n) is 3.71. The summed E-state index contributed by atoms with van der Waals surface area (Å²) in [6.45, 7) is 2.47. The number of hydrogen-bond acceptors (Lipinski definition) is 4. The summed E-state index contributed by atoms with van der Waals surface area (Å²) < 4.78 is 10.9. The van der Waals surface area contributed by atoms with Gasteiger partial charge in [-0.15, -0.1) is 0 Å². The molecule has 0 aliphatic carbocycles. The summed E-state index contributed by atoms with van der Waals surface area (Å²) in [5, 5.41) is 10.6. The van der Waals surface area contributed by atoms with E-state index in [1.165, 1.54) is 0 Å². The molecule has 1 aromatic carbocycles. The number of benzene rings is 1. The Kier molecular flexibility index (Phi) is 4.48. The van der Waals surface area contributed by atoms with Crippen molar-refractivity contribution < 1.29 is 9.47 Å². The standard InChI is InChI=1S/C19H17N3O2/c1-3-24-19-6-7-21-11-14(19)8-13(10-20)17-12-22-18-5-4-15(23-2)9-16(17)18/h4-9,11-12,22H,3H2,1-2H3. The maximum Gasteiger partial charge on any atom is 0.129 e. The number of pyridine rings is 1. The number of nitriles is 1. The summed E-state index contributed by atoms with van der Waals surface area (Å²) in [5.41, 5.74) is 3.07. The topological polar surface area (TPSA) is 70.9 Å². The first-order chi connectivity index (χ1) is 11.8. The molecule has 5 nitrogen and oxygen atoms in total. The molecule has 0 amide bonds. The Morgan fingerprint density at radius 1 is 1.38 bits per heavy atom. The van der Waals surface area contributed by atoms with E-state index in [9.17, 15) is 5.26 Å². The Bertz CT molecular complexity index is 935. The van der Waals surface area contributed by atoms with E-state index in [-0.39, 0.29) is 0 Å². The number of H-pyrrole nitrogens is 1. The maximum absolute atomic E-state index is 9.64. The number of methoxy groups -OCH3 is 1. The molecule has 2 aromatic heterocycles. The number of rotatable bonds is 5. The number of nitrogens with zero attached hydrogens (tertiary/aromatic N) is 2. The molecule has 0 bridgehead atoms. The van der Waals surface area contributed by atoms with Crippen molar-refractivity contribution in [3.8, 4) is 17.6 Å². The van der Waals surface area contributed by atoms with Crippen LogP contribution in [-0.4, -0.2) is 23.7 Å². The minimum absolute atomic E-state index is 0.531. The van der Waals surface area contributed by atoms with E-state index in [0.717, 1.165) is 27.8 Å². The second-order valence-electron chi connectivity index (χ2n) is 5.13. The van der Waals surface area contributed by atoms with Gasteiger partial charge in [0.1, 0.15) is 11.5 Å². The van der Waals surface area contributed by atoms with Gasteiger partial charge < -0.3 is 14.5 Å². The van der Waals surface area contributed by atoms with E-state index < -0.39 is 0 Å². The van der Waals surface area contributed by atoms with Crippen molar-refractivity contribution >= 4 is 22.6 Å². The number of nitrogens with one attached hydrogen (secondary N) is 1. The van der Waals surface area contributed by atoms with Crippen LogP contribution < -0.4 is 9.47 Å². The van der Waals surface area contributed by atoms with Crippen molar-refractivity contribution in [3.05, 3.63) is 54.0 Å². The number of aromatic nitrogens is 2. The predicted octanol–water partition coefficient (Wildman–Crippen LogP) is 4.03. The Balaban J connectivity index is 2.11. The summed E-state index contributed by atoms with van der Waals surface area (Å²) >= 11 is 0. The zero-order valence-corrected chi connectivity index (χ0v) is 13.5. The summed E-state index contributed by atoms with van der Waals surface area (Å²) in [6, 6.07) is 9.79. The molecule has 0 saturated heterocycles. The van der Waals surface area contributed by atoms with Gasteiger partial charge in [-0.3, -0.25) is 4.98 Å². The monoisotopic (exact) mass is 319 g/mol. The van der Waals surface area contributed by atoms with Gasteiger partial charge in [-0.2, -0.15) is 5.26 Å². The summed E-state index contributed by atoms with van der Waals surface area (Å²) in [7, 11) is 1.62. The Hall–Kier alpha value is -3.26. The quantitative estimate of drug-likeness (QED) is 0.721. The van der Waals surface area contributed by atoms with Crippen LogP contribution in [0.5, 0.6) is 11.5 Å². The van der Waals surface area contributed by atoms with Crippen LogP contribution in [0.1, 0.15) is 18.1 Å². The molecule has 2 heterocycles. The molecule has 3 rings (SSSR count). The molecular formula is C19H17N3O2. The van der Waals surface area contributed by atoms with Gasteiger partial charge in [-0.1, -0.05) is 0 Å². The van der Waals surface area contributed by atoms with E-state index in [1.807, 2.05) is 31.3 Å². The van der Waals surface area contributed by atoms with Crippen molar-refractivity contribution in [3.63, 3.8) is 0 Å². The lowest BCUT2D eigenvalue weighted by atomic mass is 10.0. The number of hydrogen-bond donors (Lipinski definition) is 1. The molecule has 0 atom stereocenters. The van der Waals surface area contributed by atoms with E-state index in [4.69, 9.17) is 9.47 Å². The van der Waals surface area contributed by atoms with E-state index in [0.29, 0.717) is 17.9 Å². The molecule has 0 aliphatic rings. The zero-order valence-electron chi connectivity index (χ0n) is 13.5. The lowest BCUT2D eigenvalue weighted by Gasteiger charge is -2.07. The number of fused-ring (bicyclic) bond motifs is 1. The van der Waals surface area contributed by atoms with Crippen LogP contribution in [-0.2, 0) is 0 Å². The summed E-state index contributed by atoms with van der Waals surface area (Å²) in [5.74, 6) is 1.45. The predicted molar refractivity (Wildman–Crippen MR) is 93.7 cm³/mol. The largest absolute Gasteiger partial charge is 0.497 e. The second kappa shape index (κ2) is 6.88. The first kappa shape index (κ1) is 15.6. The Morgan fingerprint density at radius 2 is 2.25 bits per heavy atom. The smallest absolute Gasteiger partial charge is 0.129 e. The molecule has 3 aromatic rings. The van der Waals surface area contributed by atoms with Gasteiger partial charge in [0.15, 0.2) is 0 Å². The Labute approximate surface area is 140 Å². The van der Waals surface area contributed by atoms with Gasteiger partial charge in [0.2, 0.25) is 0 Å². The normalized spacial score (nSPS) is 11.3. The SMILES string of the molecule is CCOc1ccncc1C=C(C#N)c1c[nH]c2ccc(OC)cc12. The molecule has 0 saturated carbocycles. The molecular weight excluding hydrogens is 302 g/mol. The zero-order chi connectivity index (χ0) is 16.9. The fraction of sp³-hybridized carbons (Fsp3) is 0.158. The average Bonchev–Trinajstić information content (AvgIpc) is 3.04. The first-order valence-corrected chi connectivity index (χ1v) is 7.61. The third-order valence-corrected chi connectivity index (χ3v) is 3.71. The van der Waals surface area contributed by atoms with Crippen molar-refractivity contribution in [2.75, 3.05) is 13.7 Å². The number of allylic oxidation sites excluding steroid dienone is 1. The van der Waals surface area contributed by atoms with Crippen LogP contribution in [0.3, 0.4) is 0 Å². The van der Waals surface area contributed by atoms with E-state index in [2.05, 4.69) is 16.0 Å². The van der Waals surface area contributed by atoms with Crippen LogP contribution in [0.2, 0.25) is 0 Å². The fourth-order valence-electron chi connectivity index (χ4n) is 2.56. The summed E-state index contributed by atoms with van der Waals surface area (Å²) in [4.78, 5) is 7.31. The lowest BCUT2D eigenvalue weighted by Crippen LogP contribution is -1.94. The Morgan fingerprint density at radius 3 is 3.00 bits per heavy atom. The summed E-state index contributed by atoms with van der Waals surface area (Å²) in [6.07, 6.45) is 6.98. The molecule has 0 aliphatic heterocycles. The van der Waals surface area contributed by atoms with Crippen LogP contribution >= 0.6 is 0 Å². The van der Waals surface area contributed by atoms with Crippen molar-refractivity contribution in [2.24, 2.45) is 0 Å². The third kappa shape index (κ3) is 2.95. The van der Waals surface area contributed by atoms with Gasteiger partial charge in [0.05, 0.1) is 25.4 Å². The van der Waals surface area contributed by atoms with Gasteiger partial charge in [0.25, 0.3) is 0 Å². The molecule has 0 radical (unpaired) electrons. The second-order valence-corrected chi connectivity index (χ2v) is 5.13. The van der Waals surface area contributed by atoms with Crippen LogP contribution in [0.4, 0.5) is 0 Å². The van der Waals surface area contributed by atoms with Gasteiger partial charge in [0, 0.05) is 40.6 Å². The minimum atomic E-state index is 0.531. The molecule has 0 spiro atoms. The number of aromatic amines is 1. The van der Waals surface area contributed by atoms with Gasteiger partial charge >= 0.3 is 0 Å². The van der Waals surface area contributed by atoms with Gasteiger partial charge in [-0.25, -0.2) is 0 Å². The molecule has 5 heteroatoms. The molecule has 1 N–H and O–H groups in total. The van der Waals surface area contributed by atoms with Crippen LogP contribution in [0, 0.1) is 11.3 Å². The first-order valence-electron chi connectivity index (χ1n) is 7.61. The molecule has 120 valence electrons. The van der Waals surface area contributed by atoms with E-state index >= 15 is 0 Å². The van der Waals surface area contributed by atoms with Gasteiger partial charge in [-0.05, 0) is 37.3 Å². The highest BCUT2D eigenvalue weighted by atomic mass is 16.5. The number of ether oxygens (including phenoxy) is 2.